The quantitative estimate of drug-likeness (QED) is 0.230. The zero-order valence-electron chi connectivity index (χ0n) is 23.6. The molecule has 1 N–H and O–H groups in total. The zero-order chi connectivity index (χ0) is 29.0. The van der Waals surface area contributed by atoms with Gasteiger partial charge in [-0.05, 0) is 41.0 Å². The molecule has 5 nitrogen and oxygen atoms in total. The first-order valence-electron chi connectivity index (χ1n) is 14.7. The van der Waals surface area contributed by atoms with Crippen molar-refractivity contribution in [3.05, 3.63) is 156 Å². The Bertz CT molecular complexity index is 2420. The SMILES string of the molecule is c1ccc(C2=NC(c3ccccc3)NC(c3cccc4oc5cccc(-c6cccc7oc8ccccc8c67)c5c34)=N2)cc1. The molecule has 2 aromatic heterocycles. The van der Waals surface area contributed by atoms with Gasteiger partial charge in [-0.1, -0.05) is 115 Å². The summed E-state index contributed by atoms with van der Waals surface area (Å²) in [5, 5.41) is 7.89. The van der Waals surface area contributed by atoms with Gasteiger partial charge in [-0.3, -0.25) is 0 Å². The maximum Gasteiger partial charge on any atom is 0.159 e. The van der Waals surface area contributed by atoms with E-state index in [0.717, 1.165) is 77.5 Å². The Hall–Kier alpha value is -5.94. The van der Waals surface area contributed by atoms with Crippen molar-refractivity contribution in [3.63, 3.8) is 0 Å². The van der Waals surface area contributed by atoms with Crippen molar-refractivity contribution in [2.24, 2.45) is 9.98 Å². The van der Waals surface area contributed by atoms with E-state index in [4.69, 9.17) is 18.8 Å². The zero-order valence-corrected chi connectivity index (χ0v) is 23.6. The van der Waals surface area contributed by atoms with E-state index in [2.05, 4.69) is 72.0 Å². The fourth-order valence-electron chi connectivity index (χ4n) is 6.40. The second-order valence-electron chi connectivity index (χ2n) is 11.0. The lowest BCUT2D eigenvalue weighted by Gasteiger charge is -2.24. The lowest BCUT2D eigenvalue weighted by Crippen LogP contribution is -2.33. The van der Waals surface area contributed by atoms with Gasteiger partial charge in [0.05, 0.1) is 0 Å². The Labute approximate surface area is 252 Å². The summed E-state index contributed by atoms with van der Waals surface area (Å²) in [5.74, 6) is 1.44. The lowest BCUT2D eigenvalue weighted by atomic mass is 9.94. The van der Waals surface area contributed by atoms with Gasteiger partial charge in [-0.25, -0.2) is 9.98 Å². The summed E-state index contributed by atoms with van der Waals surface area (Å²) in [6.45, 7) is 0. The molecule has 1 aliphatic rings. The molecule has 0 saturated heterocycles. The standard InChI is InChI=1S/C39H25N3O2/c1-3-12-24(13-4-1)37-40-38(25-14-5-2-6-15-25)42-39(41-37)29-19-11-23-33-36(29)35-27(18-10-22-32(35)44-33)26-17-9-21-31-34(26)28-16-7-8-20-30(28)43-31/h1-23,37H,(H,40,41,42). The topological polar surface area (TPSA) is 63.0 Å². The monoisotopic (exact) mass is 567 g/mol. The van der Waals surface area contributed by atoms with Crippen LogP contribution >= 0.6 is 0 Å². The maximum absolute atomic E-state index is 6.51. The summed E-state index contributed by atoms with van der Waals surface area (Å²) in [4.78, 5) is 10.2. The number of aliphatic imine (C=N–C) groups is 2. The van der Waals surface area contributed by atoms with Gasteiger partial charge in [0.1, 0.15) is 34.3 Å². The van der Waals surface area contributed by atoms with E-state index >= 15 is 0 Å². The van der Waals surface area contributed by atoms with E-state index in [0.29, 0.717) is 5.84 Å². The number of hydrogen-bond donors (Lipinski definition) is 1. The third-order valence-corrected chi connectivity index (χ3v) is 8.36. The number of hydrogen-bond acceptors (Lipinski definition) is 5. The average Bonchev–Trinajstić information content (AvgIpc) is 3.67. The van der Waals surface area contributed by atoms with Gasteiger partial charge in [0.15, 0.2) is 5.84 Å². The van der Waals surface area contributed by atoms with Gasteiger partial charge < -0.3 is 14.2 Å². The summed E-state index contributed by atoms with van der Waals surface area (Å²) >= 11 is 0. The van der Waals surface area contributed by atoms with Gasteiger partial charge in [-0.2, -0.15) is 0 Å². The molecule has 1 aliphatic heterocycles. The van der Waals surface area contributed by atoms with Crippen molar-refractivity contribution in [2.75, 3.05) is 0 Å². The molecule has 1 atom stereocenters. The molecule has 0 saturated carbocycles. The summed E-state index contributed by atoms with van der Waals surface area (Å²) < 4.78 is 12.8. The molecule has 0 bridgehead atoms. The van der Waals surface area contributed by atoms with Gasteiger partial charge >= 0.3 is 0 Å². The Kier molecular flexibility index (Phi) is 5.50. The number of nitrogens with one attached hydrogen (secondary N) is 1. The smallest absolute Gasteiger partial charge is 0.159 e. The van der Waals surface area contributed by atoms with Gasteiger partial charge in [0.2, 0.25) is 0 Å². The van der Waals surface area contributed by atoms with Crippen LogP contribution in [0.4, 0.5) is 0 Å². The lowest BCUT2D eigenvalue weighted by molar-refractivity contribution is 0.667. The van der Waals surface area contributed by atoms with Crippen molar-refractivity contribution in [3.8, 4) is 11.1 Å². The number of nitrogens with zero attached hydrogens (tertiary/aromatic N) is 2. The first-order chi connectivity index (χ1) is 21.8. The number of furan rings is 2. The molecule has 0 aliphatic carbocycles. The molecule has 1 unspecified atom stereocenters. The van der Waals surface area contributed by atoms with Gasteiger partial charge in [0.25, 0.3) is 0 Å². The van der Waals surface area contributed by atoms with E-state index in [1.807, 2.05) is 72.8 Å². The minimum absolute atomic E-state index is 0.294. The fourth-order valence-corrected chi connectivity index (χ4v) is 6.40. The molecule has 5 heteroatoms. The van der Waals surface area contributed by atoms with Gasteiger partial charge in [0, 0.05) is 32.7 Å². The Morgan fingerprint density at radius 1 is 0.477 bits per heavy atom. The van der Waals surface area contributed by atoms with Crippen LogP contribution in [0.25, 0.3) is 55.0 Å². The molecular weight excluding hydrogens is 542 g/mol. The van der Waals surface area contributed by atoms with Crippen LogP contribution in [0.3, 0.4) is 0 Å². The normalized spacial score (nSPS) is 15.0. The Balaban J connectivity index is 1.30. The molecule has 9 rings (SSSR count). The molecule has 0 radical (unpaired) electrons. The van der Waals surface area contributed by atoms with E-state index in [-0.39, 0.29) is 6.17 Å². The molecule has 0 fully saturated rings. The highest BCUT2D eigenvalue weighted by Crippen LogP contribution is 2.43. The predicted molar refractivity (Wildman–Crippen MR) is 178 cm³/mol. The molecular formula is C39H25N3O2. The Morgan fingerprint density at radius 2 is 1.02 bits per heavy atom. The van der Waals surface area contributed by atoms with Crippen molar-refractivity contribution >= 4 is 55.5 Å². The second-order valence-corrected chi connectivity index (χ2v) is 11.0. The molecule has 44 heavy (non-hydrogen) atoms. The number of benzene rings is 6. The van der Waals surface area contributed by atoms with E-state index in [1.54, 1.807) is 0 Å². The van der Waals surface area contributed by atoms with Crippen LogP contribution in [0.15, 0.2) is 158 Å². The maximum atomic E-state index is 6.51. The molecule has 3 heterocycles. The minimum atomic E-state index is -0.294. The van der Waals surface area contributed by atoms with Crippen LogP contribution in [-0.2, 0) is 0 Å². The van der Waals surface area contributed by atoms with Gasteiger partial charge in [-0.15, -0.1) is 0 Å². The summed E-state index contributed by atoms with van der Waals surface area (Å²) in [7, 11) is 0. The fraction of sp³-hybridized carbons (Fsp3) is 0.0256. The summed E-state index contributed by atoms with van der Waals surface area (Å²) in [5.41, 5.74) is 8.54. The molecule has 208 valence electrons. The highest BCUT2D eigenvalue weighted by molar-refractivity contribution is 6.25. The summed E-state index contributed by atoms with van der Waals surface area (Å²) in [6, 6.07) is 47.3. The van der Waals surface area contributed by atoms with Crippen molar-refractivity contribution < 1.29 is 8.83 Å². The second kappa shape index (κ2) is 9.82. The highest BCUT2D eigenvalue weighted by Gasteiger charge is 2.25. The number of rotatable bonds is 4. The summed E-state index contributed by atoms with van der Waals surface area (Å²) in [6.07, 6.45) is -0.294. The van der Waals surface area contributed by atoms with E-state index < -0.39 is 0 Å². The largest absolute Gasteiger partial charge is 0.456 e. The third-order valence-electron chi connectivity index (χ3n) is 8.36. The van der Waals surface area contributed by atoms with Crippen LogP contribution in [0.2, 0.25) is 0 Å². The van der Waals surface area contributed by atoms with Crippen molar-refractivity contribution in [1.29, 1.82) is 0 Å². The number of amidine groups is 2. The molecule has 6 aromatic carbocycles. The average molecular weight is 568 g/mol. The molecule has 8 aromatic rings. The van der Waals surface area contributed by atoms with Crippen LogP contribution in [-0.4, -0.2) is 11.7 Å². The minimum Gasteiger partial charge on any atom is -0.456 e. The number of fused-ring (bicyclic) bond motifs is 6. The first kappa shape index (κ1) is 24.6. The number of para-hydroxylation sites is 1. The van der Waals surface area contributed by atoms with Crippen LogP contribution < -0.4 is 5.32 Å². The predicted octanol–water partition coefficient (Wildman–Crippen LogP) is 9.65. The van der Waals surface area contributed by atoms with E-state index in [1.165, 1.54) is 0 Å². The highest BCUT2D eigenvalue weighted by atomic mass is 16.3. The Morgan fingerprint density at radius 3 is 1.77 bits per heavy atom. The third kappa shape index (κ3) is 3.87. The molecule has 0 amide bonds. The van der Waals surface area contributed by atoms with E-state index in [9.17, 15) is 0 Å². The van der Waals surface area contributed by atoms with Crippen molar-refractivity contribution in [1.82, 2.24) is 5.32 Å². The van der Waals surface area contributed by atoms with Crippen LogP contribution in [0, 0.1) is 0 Å². The first-order valence-corrected chi connectivity index (χ1v) is 14.7. The van der Waals surface area contributed by atoms with Crippen LogP contribution in [0.5, 0.6) is 0 Å². The molecule has 0 spiro atoms. The van der Waals surface area contributed by atoms with Crippen molar-refractivity contribution in [2.45, 2.75) is 6.17 Å². The van der Waals surface area contributed by atoms with Crippen LogP contribution in [0.1, 0.15) is 22.9 Å².